The second-order valence-electron chi connectivity index (χ2n) is 8.08. The van der Waals surface area contributed by atoms with Crippen LogP contribution < -0.4 is 4.90 Å². The van der Waals surface area contributed by atoms with Crippen molar-refractivity contribution in [1.82, 2.24) is 29.3 Å². The van der Waals surface area contributed by atoms with Crippen molar-refractivity contribution in [2.75, 3.05) is 38.6 Å². The molecule has 5 heterocycles. The van der Waals surface area contributed by atoms with Crippen LogP contribution in [0.15, 0.2) is 55.2 Å². The summed E-state index contributed by atoms with van der Waals surface area (Å²) < 4.78 is 2.07. The molecule has 0 radical (unpaired) electrons. The van der Waals surface area contributed by atoms with Crippen LogP contribution in [0.25, 0.3) is 5.82 Å². The zero-order valence-electron chi connectivity index (χ0n) is 17.5. The van der Waals surface area contributed by atoms with E-state index in [1.165, 1.54) is 12.4 Å². The van der Waals surface area contributed by atoms with E-state index in [4.69, 9.17) is 0 Å². The fourth-order valence-electron chi connectivity index (χ4n) is 4.58. The highest BCUT2D eigenvalue weighted by atomic mass is 16.2. The van der Waals surface area contributed by atoms with Gasteiger partial charge in [-0.2, -0.15) is 0 Å². The number of carbonyl (C=O) groups is 2. The Bertz CT molecular complexity index is 1140. The third-order valence-corrected chi connectivity index (χ3v) is 6.14. The number of likely N-dealkylation sites (N-methyl/N-ethyl adjacent to an activating group) is 1. The van der Waals surface area contributed by atoms with Gasteiger partial charge in [0.1, 0.15) is 11.2 Å². The summed E-state index contributed by atoms with van der Waals surface area (Å²) in [6, 6.07) is 7.91. The summed E-state index contributed by atoms with van der Waals surface area (Å²) in [5.74, 6) is 0.630. The van der Waals surface area contributed by atoms with Crippen LogP contribution in [0.2, 0.25) is 0 Å². The van der Waals surface area contributed by atoms with Gasteiger partial charge in [-0.25, -0.2) is 9.97 Å². The second kappa shape index (κ2) is 7.19. The van der Waals surface area contributed by atoms with Crippen molar-refractivity contribution < 1.29 is 9.59 Å². The van der Waals surface area contributed by atoms with Gasteiger partial charge in [0.05, 0.1) is 24.1 Å². The number of amides is 2. The standard InChI is InChI=1S/C22H23N7O2/c1-26(2)19(30)14-29-17-5-3-8-25-20(17)28-11-4-6-18(28)22(29)7-12-27(15-22)21(31)16-13-23-9-10-24-16/h3-6,8-11,13H,7,12,14-15H2,1-2H3/t22-/m0/s1. The van der Waals surface area contributed by atoms with E-state index < -0.39 is 5.54 Å². The first-order valence-corrected chi connectivity index (χ1v) is 10.2. The molecule has 2 amide bonds. The van der Waals surface area contributed by atoms with Gasteiger partial charge in [-0.05, 0) is 30.7 Å². The van der Waals surface area contributed by atoms with Crippen molar-refractivity contribution in [2.24, 2.45) is 0 Å². The number of fused-ring (bicyclic) bond motifs is 4. The quantitative estimate of drug-likeness (QED) is 0.639. The maximum absolute atomic E-state index is 13.1. The Kier molecular flexibility index (Phi) is 4.46. The third kappa shape index (κ3) is 2.96. The van der Waals surface area contributed by atoms with E-state index in [-0.39, 0.29) is 18.4 Å². The zero-order valence-corrected chi connectivity index (χ0v) is 17.5. The summed E-state index contributed by atoms with van der Waals surface area (Å²) >= 11 is 0. The molecule has 1 atom stereocenters. The number of aromatic nitrogens is 4. The van der Waals surface area contributed by atoms with Gasteiger partial charge in [-0.1, -0.05) is 0 Å². The number of hydrogen-bond acceptors (Lipinski definition) is 6. The van der Waals surface area contributed by atoms with Gasteiger partial charge in [0.15, 0.2) is 5.82 Å². The molecule has 9 heteroatoms. The first-order valence-electron chi connectivity index (χ1n) is 10.2. The van der Waals surface area contributed by atoms with Gasteiger partial charge >= 0.3 is 0 Å². The summed E-state index contributed by atoms with van der Waals surface area (Å²) in [6.07, 6.45) is 9.00. The average Bonchev–Trinajstić information content (AvgIpc) is 3.45. The van der Waals surface area contributed by atoms with E-state index in [1.807, 2.05) is 24.4 Å². The average molecular weight is 417 g/mol. The zero-order chi connectivity index (χ0) is 21.6. The van der Waals surface area contributed by atoms with Crippen LogP contribution in [-0.2, 0) is 10.3 Å². The van der Waals surface area contributed by atoms with Crippen molar-refractivity contribution >= 4 is 17.5 Å². The summed E-state index contributed by atoms with van der Waals surface area (Å²) in [4.78, 5) is 44.2. The molecule has 2 aliphatic rings. The number of carbonyl (C=O) groups excluding carboxylic acids is 2. The minimum absolute atomic E-state index is 0.00659. The number of anilines is 1. The lowest BCUT2D eigenvalue weighted by molar-refractivity contribution is -0.127. The number of nitrogens with zero attached hydrogens (tertiary/aromatic N) is 7. The van der Waals surface area contributed by atoms with E-state index in [0.717, 1.165) is 17.2 Å². The van der Waals surface area contributed by atoms with Crippen LogP contribution in [0.3, 0.4) is 0 Å². The van der Waals surface area contributed by atoms with Crippen LogP contribution in [0.5, 0.6) is 0 Å². The molecule has 0 unspecified atom stereocenters. The minimum Gasteiger partial charge on any atom is -0.347 e. The van der Waals surface area contributed by atoms with Crippen molar-refractivity contribution in [3.8, 4) is 5.82 Å². The lowest BCUT2D eigenvalue weighted by Gasteiger charge is -2.46. The second-order valence-corrected chi connectivity index (χ2v) is 8.08. The molecule has 5 rings (SSSR count). The third-order valence-electron chi connectivity index (χ3n) is 6.14. The molecule has 0 aliphatic carbocycles. The molecule has 1 spiro atoms. The molecule has 3 aromatic heterocycles. The molecule has 9 nitrogen and oxygen atoms in total. The lowest BCUT2D eigenvalue weighted by Crippen LogP contribution is -2.55. The molecule has 158 valence electrons. The topological polar surface area (TPSA) is 87.5 Å². The smallest absolute Gasteiger partial charge is 0.274 e. The monoisotopic (exact) mass is 417 g/mol. The molecular weight excluding hydrogens is 394 g/mol. The predicted molar refractivity (Wildman–Crippen MR) is 114 cm³/mol. The Balaban J connectivity index is 1.59. The van der Waals surface area contributed by atoms with Crippen LogP contribution in [0, 0.1) is 0 Å². The summed E-state index contributed by atoms with van der Waals surface area (Å²) in [5, 5.41) is 0. The molecule has 31 heavy (non-hydrogen) atoms. The van der Waals surface area contributed by atoms with E-state index >= 15 is 0 Å². The van der Waals surface area contributed by atoms with Crippen LogP contribution in [0.4, 0.5) is 5.69 Å². The molecule has 0 saturated carbocycles. The van der Waals surface area contributed by atoms with Gasteiger partial charge in [-0.15, -0.1) is 0 Å². The van der Waals surface area contributed by atoms with Crippen LogP contribution in [0.1, 0.15) is 22.6 Å². The highest BCUT2D eigenvalue weighted by molar-refractivity contribution is 5.92. The fourth-order valence-corrected chi connectivity index (χ4v) is 4.58. The van der Waals surface area contributed by atoms with E-state index in [9.17, 15) is 9.59 Å². The number of hydrogen-bond donors (Lipinski definition) is 0. The Labute approximate surface area is 179 Å². The minimum atomic E-state index is -0.539. The number of likely N-dealkylation sites (tertiary alicyclic amines) is 1. The molecule has 1 saturated heterocycles. The fraction of sp³-hybridized carbons (Fsp3) is 0.318. The molecule has 0 bridgehead atoms. The lowest BCUT2D eigenvalue weighted by atomic mass is 9.88. The first-order chi connectivity index (χ1) is 15.0. The Morgan fingerprint density at radius 2 is 2.00 bits per heavy atom. The van der Waals surface area contributed by atoms with Gasteiger partial charge in [-0.3, -0.25) is 14.6 Å². The maximum atomic E-state index is 13.1. The van der Waals surface area contributed by atoms with Crippen molar-refractivity contribution in [1.29, 1.82) is 0 Å². The summed E-state index contributed by atoms with van der Waals surface area (Å²) in [7, 11) is 3.51. The molecule has 0 aromatic carbocycles. The van der Waals surface area contributed by atoms with E-state index in [1.54, 1.807) is 36.3 Å². The molecule has 1 fully saturated rings. The van der Waals surface area contributed by atoms with E-state index in [0.29, 0.717) is 25.2 Å². The summed E-state index contributed by atoms with van der Waals surface area (Å²) in [6.45, 7) is 1.20. The Morgan fingerprint density at radius 3 is 2.77 bits per heavy atom. The molecule has 0 N–H and O–H groups in total. The Hall–Kier alpha value is -3.75. The van der Waals surface area contributed by atoms with Gasteiger partial charge in [0, 0.05) is 52.0 Å². The first kappa shape index (κ1) is 19.2. The van der Waals surface area contributed by atoms with Crippen molar-refractivity contribution in [2.45, 2.75) is 12.0 Å². The Morgan fingerprint density at radius 1 is 1.13 bits per heavy atom. The highest BCUT2D eigenvalue weighted by Gasteiger charge is 2.51. The normalized spacial score (nSPS) is 19.3. The summed E-state index contributed by atoms with van der Waals surface area (Å²) in [5.41, 5.74) is 1.70. The largest absolute Gasteiger partial charge is 0.347 e. The van der Waals surface area contributed by atoms with Gasteiger partial charge < -0.3 is 19.3 Å². The van der Waals surface area contributed by atoms with Gasteiger partial charge in [0.25, 0.3) is 5.91 Å². The predicted octanol–water partition coefficient (Wildman–Crippen LogP) is 1.31. The van der Waals surface area contributed by atoms with Crippen LogP contribution in [-0.4, -0.2) is 74.9 Å². The van der Waals surface area contributed by atoms with E-state index in [2.05, 4.69) is 30.5 Å². The number of pyridine rings is 1. The molecule has 3 aromatic rings. The SMILES string of the molecule is CN(C)C(=O)CN1c2cccnc2-n2cccc2[C@@]12CCN(C(=O)c1cnccn1)C2. The van der Waals surface area contributed by atoms with Crippen molar-refractivity contribution in [3.63, 3.8) is 0 Å². The van der Waals surface area contributed by atoms with Crippen molar-refractivity contribution in [3.05, 3.63) is 66.6 Å². The molecular formula is C22H23N7O2. The maximum Gasteiger partial charge on any atom is 0.274 e. The number of rotatable bonds is 3. The van der Waals surface area contributed by atoms with Crippen LogP contribution >= 0.6 is 0 Å². The van der Waals surface area contributed by atoms with Gasteiger partial charge in [0.2, 0.25) is 5.91 Å². The molecule has 2 aliphatic heterocycles. The highest BCUT2D eigenvalue weighted by Crippen LogP contribution is 2.47.